The highest BCUT2D eigenvalue weighted by molar-refractivity contribution is 9.11. The van der Waals surface area contributed by atoms with Crippen LogP contribution in [-0.4, -0.2) is 53.0 Å². The van der Waals surface area contributed by atoms with Gasteiger partial charge in [0.2, 0.25) is 0 Å². The lowest BCUT2D eigenvalue weighted by Crippen LogP contribution is -2.54. The summed E-state index contributed by atoms with van der Waals surface area (Å²) in [5, 5.41) is 2.72. The van der Waals surface area contributed by atoms with Crippen LogP contribution in [0.1, 0.15) is 20.8 Å². The van der Waals surface area contributed by atoms with Crippen LogP contribution in [0.2, 0.25) is 0 Å². The molecule has 2 heterocycles. The van der Waals surface area contributed by atoms with Crippen molar-refractivity contribution in [1.82, 2.24) is 15.1 Å². The summed E-state index contributed by atoms with van der Waals surface area (Å²) in [6.07, 6.45) is -1.55. The standard InChI is InChI=1S/C12H19BrF2N3O2P/c1-11(2,3)20-10(19)17-4-5-18-7(6-17)8(13)16-9(18)12(14,15)21/h9,16H,4-6,21H2,1-3H3. The van der Waals surface area contributed by atoms with Crippen LogP contribution in [-0.2, 0) is 4.74 Å². The molecule has 0 aromatic heterocycles. The van der Waals surface area contributed by atoms with E-state index in [1.54, 1.807) is 34.9 Å². The molecule has 1 N–H and O–H groups in total. The number of ether oxygens (including phenoxy) is 1. The van der Waals surface area contributed by atoms with Crippen LogP contribution in [0.4, 0.5) is 13.6 Å². The van der Waals surface area contributed by atoms with Crippen LogP contribution in [0, 0.1) is 0 Å². The van der Waals surface area contributed by atoms with Crippen LogP contribution >= 0.6 is 25.2 Å². The number of alkyl halides is 2. The average molecular weight is 386 g/mol. The Morgan fingerprint density at radius 3 is 2.57 bits per heavy atom. The van der Waals surface area contributed by atoms with E-state index in [4.69, 9.17) is 4.74 Å². The molecule has 120 valence electrons. The van der Waals surface area contributed by atoms with Crippen LogP contribution in [0.5, 0.6) is 0 Å². The van der Waals surface area contributed by atoms with Gasteiger partial charge >= 0.3 is 6.09 Å². The van der Waals surface area contributed by atoms with Gasteiger partial charge in [-0.1, -0.05) is 9.24 Å². The lowest BCUT2D eigenvalue weighted by atomic mass is 10.2. The van der Waals surface area contributed by atoms with Crippen molar-refractivity contribution in [2.45, 2.75) is 38.2 Å². The highest BCUT2D eigenvalue weighted by Crippen LogP contribution is 2.38. The maximum atomic E-state index is 13.6. The van der Waals surface area contributed by atoms with Crippen LogP contribution in [0.15, 0.2) is 10.3 Å². The van der Waals surface area contributed by atoms with Gasteiger partial charge in [-0.05, 0) is 36.7 Å². The summed E-state index contributed by atoms with van der Waals surface area (Å²) < 4.78 is 32.9. The molecular formula is C12H19BrF2N3O2P. The normalized spacial score (nSPS) is 23.1. The summed E-state index contributed by atoms with van der Waals surface area (Å²) in [5.41, 5.74) is -2.91. The summed E-state index contributed by atoms with van der Waals surface area (Å²) in [6.45, 7) is 6.28. The number of carbonyl (C=O) groups is 1. The number of nitrogens with one attached hydrogen (secondary N) is 1. The fraction of sp³-hybridized carbons (Fsp3) is 0.750. The van der Waals surface area contributed by atoms with Gasteiger partial charge in [-0.3, -0.25) is 0 Å². The van der Waals surface area contributed by atoms with Crippen LogP contribution < -0.4 is 5.32 Å². The average Bonchev–Trinajstić information content (AvgIpc) is 2.64. The quantitative estimate of drug-likeness (QED) is 0.556. The van der Waals surface area contributed by atoms with Crippen molar-refractivity contribution in [2.24, 2.45) is 0 Å². The highest BCUT2D eigenvalue weighted by atomic mass is 79.9. The number of nitrogens with zero attached hydrogens (tertiary/aromatic N) is 2. The predicted octanol–water partition coefficient (Wildman–Crippen LogP) is 2.50. The van der Waals surface area contributed by atoms with E-state index in [1.807, 2.05) is 0 Å². The van der Waals surface area contributed by atoms with E-state index in [2.05, 4.69) is 21.2 Å². The van der Waals surface area contributed by atoms with E-state index >= 15 is 0 Å². The molecule has 1 saturated heterocycles. The van der Waals surface area contributed by atoms with E-state index in [0.717, 1.165) is 0 Å². The van der Waals surface area contributed by atoms with E-state index in [9.17, 15) is 13.6 Å². The molecule has 2 unspecified atom stereocenters. The summed E-state index contributed by atoms with van der Waals surface area (Å²) in [5.74, 6) is 0. The predicted molar refractivity (Wildman–Crippen MR) is 82.0 cm³/mol. The number of piperazine rings is 1. The number of fused-ring (bicyclic) bond motifs is 1. The largest absolute Gasteiger partial charge is 0.444 e. The molecule has 2 atom stereocenters. The van der Waals surface area contributed by atoms with Crippen molar-refractivity contribution in [1.29, 1.82) is 0 Å². The lowest BCUT2D eigenvalue weighted by molar-refractivity contribution is -0.0121. The number of hydrogen-bond acceptors (Lipinski definition) is 4. The minimum absolute atomic E-state index is 0.236. The van der Waals surface area contributed by atoms with Gasteiger partial charge in [0.1, 0.15) is 10.2 Å². The Hall–Kier alpha value is -0.620. The molecule has 21 heavy (non-hydrogen) atoms. The zero-order chi connectivity index (χ0) is 16.0. The Morgan fingerprint density at radius 2 is 2.05 bits per heavy atom. The fourth-order valence-electron chi connectivity index (χ4n) is 2.26. The number of amides is 1. The van der Waals surface area contributed by atoms with Crippen molar-refractivity contribution >= 4 is 31.3 Å². The Balaban J connectivity index is 2.08. The third-order valence-corrected chi connectivity index (χ3v) is 4.15. The molecule has 0 aromatic rings. The minimum atomic E-state index is -2.96. The van der Waals surface area contributed by atoms with Gasteiger partial charge in [0.15, 0.2) is 6.17 Å². The van der Waals surface area contributed by atoms with E-state index in [1.165, 1.54) is 4.90 Å². The fourth-order valence-corrected chi connectivity index (χ4v) is 3.10. The summed E-state index contributed by atoms with van der Waals surface area (Å²) in [4.78, 5) is 15.2. The molecule has 9 heteroatoms. The SMILES string of the molecule is CC(C)(C)OC(=O)N1CCN2C(=C(Br)NC2C(F)(F)P)C1. The molecular weight excluding hydrogens is 367 g/mol. The molecule has 0 aromatic carbocycles. The zero-order valence-electron chi connectivity index (χ0n) is 12.1. The summed E-state index contributed by atoms with van der Waals surface area (Å²) in [7, 11) is 1.55. The van der Waals surface area contributed by atoms with Gasteiger partial charge in [0.05, 0.1) is 12.2 Å². The number of halogens is 3. The second kappa shape index (κ2) is 5.54. The second-order valence-electron chi connectivity index (χ2n) is 6.08. The first-order valence-corrected chi connectivity index (χ1v) is 7.92. The van der Waals surface area contributed by atoms with Gasteiger partial charge in [0.25, 0.3) is 5.66 Å². The Kier molecular flexibility index (Phi) is 4.42. The first-order chi connectivity index (χ1) is 9.49. The first-order valence-electron chi connectivity index (χ1n) is 6.55. The highest BCUT2D eigenvalue weighted by Gasteiger charge is 2.46. The molecule has 0 spiro atoms. The molecule has 1 amide bonds. The van der Waals surface area contributed by atoms with Crippen molar-refractivity contribution in [3.05, 3.63) is 10.3 Å². The van der Waals surface area contributed by atoms with E-state index in [0.29, 0.717) is 23.4 Å². The first kappa shape index (κ1) is 16.7. The van der Waals surface area contributed by atoms with Crippen molar-refractivity contribution in [3.63, 3.8) is 0 Å². The summed E-state index contributed by atoms with van der Waals surface area (Å²) in [6, 6.07) is 0. The molecule has 0 bridgehead atoms. The topological polar surface area (TPSA) is 44.8 Å². The van der Waals surface area contributed by atoms with E-state index in [-0.39, 0.29) is 6.54 Å². The minimum Gasteiger partial charge on any atom is -0.444 e. The number of hydrogen-bond donors (Lipinski definition) is 1. The van der Waals surface area contributed by atoms with Gasteiger partial charge < -0.3 is 19.9 Å². The number of rotatable bonds is 1. The van der Waals surface area contributed by atoms with Crippen LogP contribution in [0.25, 0.3) is 0 Å². The Morgan fingerprint density at radius 1 is 1.43 bits per heavy atom. The van der Waals surface area contributed by atoms with Crippen molar-refractivity contribution in [2.75, 3.05) is 19.6 Å². The molecule has 2 rings (SSSR count). The third-order valence-electron chi connectivity index (χ3n) is 3.14. The lowest BCUT2D eigenvalue weighted by Gasteiger charge is -2.39. The molecule has 0 radical (unpaired) electrons. The third kappa shape index (κ3) is 3.77. The van der Waals surface area contributed by atoms with Gasteiger partial charge in [-0.15, -0.1) is 0 Å². The molecule has 5 nitrogen and oxygen atoms in total. The molecule has 0 saturated carbocycles. The van der Waals surface area contributed by atoms with Crippen molar-refractivity contribution in [3.8, 4) is 0 Å². The van der Waals surface area contributed by atoms with Gasteiger partial charge in [0, 0.05) is 13.1 Å². The number of carbonyl (C=O) groups excluding carboxylic acids is 1. The molecule has 1 fully saturated rings. The second-order valence-corrected chi connectivity index (χ2v) is 7.64. The zero-order valence-corrected chi connectivity index (χ0v) is 14.9. The monoisotopic (exact) mass is 385 g/mol. The van der Waals surface area contributed by atoms with Crippen LogP contribution in [0.3, 0.4) is 0 Å². The Labute approximate surface area is 133 Å². The maximum absolute atomic E-state index is 13.6. The molecule has 2 aliphatic heterocycles. The molecule has 2 aliphatic rings. The summed E-state index contributed by atoms with van der Waals surface area (Å²) >= 11 is 3.26. The maximum Gasteiger partial charge on any atom is 0.410 e. The van der Waals surface area contributed by atoms with E-state index < -0.39 is 23.5 Å². The smallest absolute Gasteiger partial charge is 0.410 e. The molecule has 0 aliphatic carbocycles. The Bertz CT molecular complexity index is 476. The van der Waals surface area contributed by atoms with Gasteiger partial charge in [-0.25, -0.2) is 4.79 Å². The van der Waals surface area contributed by atoms with Gasteiger partial charge in [-0.2, -0.15) is 8.78 Å². The van der Waals surface area contributed by atoms with Crippen molar-refractivity contribution < 1.29 is 18.3 Å².